The lowest BCUT2D eigenvalue weighted by molar-refractivity contribution is -0.317. The van der Waals surface area contributed by atoms with Crippen molar-refractivity contribution in [2.75, 3.05) is 21.2 Å². The SMILES string of the molecule is CO[C@]1(C)C[C@H](O[C@H]2[C@H](C)[C@@H](O[C@@H]3O[C@H](C)C[C@H](N(C)C)[C@H]3O)[C@@](C)(O)C[C@@H](C)C(=O)[C@H](C)[C@@H](O)[C@@H](C)[C@@H](C3CCCC3)OC(=O)[C@@H]2C)O[C@@H](C)[C@@H]1O. The summed E-state index contributed by atoms with van der Waals surface area (Å²) in [6, 6.07) is -0.295. The molecule has 3 aliphatic heterocycles. The quantitative estimate of drug-likeness (QED) is 0.279. The predicted octanol–water partition coefficient (Wildman–Crippen LogP) is 3.45. The lowest BCUT2D eigenvalue weighted by Gasteiger charge is -2.49. The molecule has 3 saturated heterocycles. The number of likely N-dealkylation sites (N-methyl/N-ethyl adjacent to an activating group) is 1. The molecule has 4 rings (SSSR count). The number of Topliss-reactive ketones (excluding diaryl/α,β-unsaturated/α-hetero) is 1. The van der Waals surface area contributed by atoms with Crippen molar-refractivity contribution in [2.45, 2.75) is 186 Å². The van der Waals surface area contributed by atoms with Gasteiger partial charge in [0.1, 0.15) is 24.1 Å². The number of carbonyl (C=O) groups excluding carboxylic acids is 2. The Morgan fingerprint density at radius 2 is 1.45 bits per heavy atom. The first kappa shape index (κ1) is 44.5. The van der Waals surface area contributed by atoms with Crippen molar-refractivity contribution in [3.63, 3.8) is 0 Å². The number of esters is 1. The van der Waals surface area contributed by atoms with Crippen LogP contribution in [-0.4, -0.2) is 137 Å². The molecule has 0 aromatic heterocycles. The summed E-state index contributed by atoms with van der Waals surface area (Å²) in [6.45, 7) is 15.8. The maximum Gasteiger partial charge on any atom is 0.311 e. The van der Waals surface area contributed by atoms with Crippen LogP contribution in [0, 0.1) is 35.5 Å². The number of carbonyl (C=O) groups is 2. The first-order valence-corrected chi connectivity index (χ1v) is 20.0. The summed E-state index contributed by atoms with van der Waals surface area (Å²) >= 11 is 0. The van der Waals surface area contributed by atoms with E-state index in [4.69, 9.17) is 28.4 Å². The van der Waals surface area contributed by atoms with Crippen LogP contribution in [0.4, 0.5) is 0 Å². The molecule has 18 atom stereocenters. The Labute approximate surface area is 317 Å². The number of nitrogens with zero attached hydrogens (tertiary/aromatic N) is 1. The summed E-state index contributed by atoms with van der Waals surface area (Å²) in [5.74, 6) is -4.44. The number of rotatable bonds is 7. The van der Waals surface area contributed by atoms with Crippen molar-refractivity contribution >= 4 is 11.8 Å². The molecule has 0 unspecified atom stereocenters. The molecule has 4 N–H and O–H groups in total. The van der Waals surface area contributed by atoms with Gasteiger partial charge >= 0.3 is 5.97 Å². The van der Waals surface area contributed by atoms with E-state index in [0.717, 1.165) is 25.7 Å². The third-order valence-corrected chi connectivity index (χ3v) is 13.2. The van der Waals surface area contributed by atoms with Crippen molar-refractivity contribution in [3.05, 3.63) is 0 Å². The summed E-state index contributed by atoms with van der Waals surface area (Å²) in [4.78, 5) is 30.4. The summed E-state index contributed by atoms with van der Waals surface area (Å²) in [7, 11) is 5.26. The minimum absolute atomic E-state index is 0.0278. The van der Waals surface area contributed by atoms with Gasteiger partial charge in [0.25, 0.3) is 0 Å². The highest BCUT2D eigenvalue weighted by atomic mass is 16.7. The highest BCUT2D eigenvalue weighted by molar-refractivity contribution is 5.83. The molecule has 0 radical (unpaired) electrons. The smallest absolute Gasteiger partial charge is 0.311 e. The molecule has 4 aliphatic rings. The van der Waals surface area contributed by atoms with Gasteiger partial charge in [0.05, 0.1) is 47.6 Å². The van der Waals surface area contributed by atoms with Crippen molar-refractivity contribution in [1.29, 1.82) is 0 Å². The van der Waals surface area contributed by atoms with Gasteiger partial charge in [-0.3, -0.25) is 9.59 Å². The molecule has 13 heteroatoms. The van der Waals surface area contributed by atoms with E-state index in [1.807, 2.05) is 39.8 Å². The number of methoxy groups -OCH3 is 1. The lowest BCUT2D eigenvalue weighted by Crippen LogP contribution is -2.60. The van der Waals surface area contributed by atoms with Crippen LogP contribution in [0.5, 0.6) is 0 Å². The van der Waals surface area contributed by atoms with E-state index in [2.05, 4.69) is 0 Å². The van der Waals surface area contributed by atoms with Crippen LogP contribution in [0.25, 0.3) is 0 Å². The van der Waals surface area contributed by atoms with Crippen LogP contribution < -0.4 is 0 Å². The number of ether oxygens (including phenoxy) is 6. The summed E-state index contributed by atoms with van der Waals surface area (Å²) < 4.78 is 38.0. The summed E-state index contributed by atoms with van der Waals surface area (Å²) in [6.07, 6.45) is -4.53. The highest BCUT2D eigenvalue weighted by Gasteiger charge is 2.52. The van der Waals surface area contributed by atoms with Crippen LogP contribution in [-0.2, 0) is 38.0 Å². The maximum absolute atomic E-state index is 14.4. The highest BCUT2D eigenvalue weighted by Crippen LogP contribution is 2.42. The fraction of sp³-hybridized carbons (Fsp3) is 0.950. The zero-order valence-electron chi connectivity index (χ0n) is 34.3. The molecule has 0 aromatic rings. The van der Waals surface area contributed by atoms with Crippen molar-refractivity contribution in [1.82, 2.24) is 4.90 Å². The van der Waals surface area contributed by atoms with Crippen LogP contribution >= 0.6 is 0 Å². The van der Waals surface area contributed by atoms with Crippen LogP contribution in [0.15, 0.2) is 0 Å². The molecule has 1 aliphatic carbocycles. The third kappa shape index (κ3) is 9.83. The van der Waals surface area contributed by atoms with Gasteiger partial charge in [0, 0.05) is 43.2 Å². The normalized spacial score (nSPS) is 48.8. The minimum Gasteiger partial charge on any atom is -0.461 e. The average Bonchev–Trinajstić information content (AvgIpc) is 3.64. The van der Waals surface area contributed by atoms with Crippen molar-refractivity contribution in [2.24, 2.45) is 35.5 Å². The van der Waals surface area contributed by atoms with Gasteiger partial charge in [-0.25, -0.2) is 0 Å². The minimum atomic E-state index is -1.72. The van der Waals surface area contributed by atoms with Crippen LogP contribution in [0.1, 0.15) is 107 Å². The average molecular weight is 758 g/mol. The van der Waals surface area contributed by atoms with Gasteiger partial charge in [0.2, 0.25) is 0 Å². The number of hydrogen-bond acceptors (Lipinski definition) is 13. The van der Waals surface area contributed by atoms with Gasteiger partial charge in [-0.1, -0.05) is 40.5 Å². The fourth-order valence-corrected chi connectivity index (χ4v) is 9.67. The Bertz CT molecular complexity index is 1210. The number of cyclic esters (lactones) is 1. The molecule has 308 valence electrons. The van der Waals surface area contributed by atoms with E-state index in [1.165, 1.54) is 7.11 Å². The molecule has 1 saturated carbocycles. The topological polar surface area (TPSA) is 174 Å². The van der Waals surface area contributed by atoms with Gasteiger partial charge < -0.3 is 53.7 Å². The molecule has 13 nitrogen and oxygen atoms in total. The van der Waals surface area contributed by atoms with E-state index in [-0.39, 0.29) is 36.7 Å². The Balaban J connectivity index is 1.82. The first-order chi connectivity index (χ1) is 24.6. The Morgan fingerprint density at radius 3 is 2.04 bits per heavy atom. The van der Waals surface area contributed by atoms with E-state index < -0.39 is 102 Å². The lowest BCUT2D eigenvalue weighted by atomic mass is 9.74. The predicted molar refractivity (Wildman–Crippen MR) is 196 cm³/mol. The molecule has 4 fully saturated rings. The Morgan fingerprint density at radius 1 is 0.830 bits per heavy atom. The van der Waals surface area contributed by atoms with Gasteiger partial charge in [-0.05, 0) is 80.3 Å². The van der Waals surface area contributed by atoms with Crippen LogP contribution in [0.2, 0.25) is 0 Å². The Hall–Kier alpha value is -1.26. The number of aliphatic hydroxyl groups excluding tert-OH is 3. The molecular weight excluding hydrogens is 686 g/mol. The second-order valence-electron chi connectivity index (χ2n) is 17.8. The van der Waals surface area contributed by atoms with E-state index in [9.17, 15) is 30.0 Å². The van der Waals surface area contributed by atoms with Crippen molar-refractivity contribution < 1.29 is 58.4 Å². The standard InChI is InChI=1S/C40H71NO12/c1-20-18-39(8,47)36(53-38-32(44)28(41(10)11)17-21(2)49-38)24(5)33(51-29-19-40(9,48-12)35(45)26(7)50-29)25(6)37(46)52-34(27-15-13-14-16-27)23(4)31(43)22(3)30(20)42/h20-29,31-36,38,43-45,47H,13-19H2,1-12H3/t20-,21-,22+,23-,24+,25-,26+,28+,29+,31-,32-,33+,34+,35+,36-,38+,39+,40-/m1/s1. The monoisotopic (exact) mass is 757 g/mol. The molecule has 53 heavy (non-hydrogen) atoms. The molecule has 0 spiro atoms. The van der Waals surface area contributed by atoms with Gasteiger partial charge in [-0.15, -0.1) is 0 Å². The molecule has 0 aromatic carbocycles. The summed E-state index contributed by atoms with van der Waals surface area (Å²) in [5.41, 5.74) is -2.73. The zero-order valence-corrected chi connectivity index (χ0v) is 34.3. The fourth-order valence-electron chi connectivity index (χ4n) is 9.67. The van der Waals surface area contributed by atoms with E-state index in [0.29, 0.717) is 6.42 Å². The van der Waals surface area contributed by atoms with E-state index >= 15 is 0 Å². The Kier molecular flexibility index (Phi) is 15.0. The number of aliphatic hydroxyl groups is 4. The third-order valence-electron chi connectivity index (χ3n) is 13.2. The molecule has 0 amide bonds. The summed E-state index contributed by atoms with van der Waals surface area (Å²) in [5, 5.41) is 46.6. The maximum atomic E-state index is 14.4. The van der Waals surface area contributed by atoms with Gasteiger partial charge in [0.15, 0.2) is 12.6 Å². The van der Waals surface area contributed by atoms with Crippen molar-refractivity contribution in [3.8, 4) is 0 Å². The second-order valence-corrected chi connectivity index (χ2v) is 17.8. The number of hydrogen-bond donors (Lipinski definition) is 4. The zero-order chi connectivity index (χ0) is 39.7. The number of ketones is 1. The molecule has 0 bridgehead atoms. The molecule has 3 heterocycles. The molecular formula is C40H71NO12. The van der Waals surface area contributed by atoms with Gasteiger partial charge in [-0.2, -0.15) is 0 Å². The second kappa shape index (κ2) is 17.9. The largest absolute Gasteiger partial charge is 0.461 e. The first-order valence-electron chi connectivity index (χ1n) is 20.0. The van der Waals surface area contributed by atoms with Crippen LogP contribution in [0.3, 0.4) is 0 Å². The van der Waals surface area contributed by atoms with E-state index in [1.54, 1.807) is 41.5 Å².